The molecule has 0 saturated carbocycles. The topological polar surface area (TPSA) is 53.5 Å². The highest BCUT2D eigenvalue weighted by Crippen LogP contribution is 2.49. The van der Waals surface area contributed by atoms with Gasteiger partial charge >= 0.3 is 6.01 Å². The highest BCUT2D eigenvalue weighted by molar-refractivity contribution is 5.55. The fraction of sp³-hybridized carbons (Fsp3) is 0.667. The van der Waals surface area contributed by atoms with Gasteiger partial charge in [0.25, 0.3) is 0 Å². The van der Waals surface area contributed by atoms with Crippen molar-refractivity contribution in [2.24, 2.45) is 0 Å². The Labute approximate surface area is 214 Å². The first kappa shape index (κ1) is 21.9. The summed E-state index contributed by atoms with van der Waals surface area (Å²) in [4.78, 5) is 15.6. The monoisotopic (exact) mass is 485 g/mol. The van der Waals surface area contributed by atoms with Crippen LogP contribution in [0, 0.1) is 6.92 Å². The number of ether oxygens (including phenoxy) is 1. The molecule has 5 fully saturated rings. The molecular weight excluding hydrogens is 446 g/mol. The van der Waals surface area contributed by atoms with E-state index in [9.17, 15) is 0 Å². The summed E-state index contributed by atoms with van der Waals surface area (Å²) in [7, 11) is 0. The van der Waals surface area contributed by atoms with Gasteiger partial charge in [0.15, 0.2) is 0 Å². The van der Waals surface area contributed by atoms with Crippen molar-refractivity contribution in [2.45, 2.75) is 94.2 Å². The summed E-state index contributed by atoms with van der Waals surface area (Å²) < 4.78 is 6.56. The third-order valence-corrected chi connectivity index (χ3v) is 10.7. The van der Waals surface area contributed by atoms with E-state index in [1.807, 2.05) is 0 Å². The van der Waals surface area contributed by atoms with Crippen molar-refractivity contribution in [3.63, 3.8) is 0 Å². The Balaban J connectivity index is 1.15. The van der Waals surface area contributed by atoms with Crippen LogP contribution in [0.1, 0.15) is 72.9 Å². The Morgan fingerprint density at radius 1 is 1.00 bits per heavy atom. The maximum Gasteiger partial charge on any atom is 0.318 e. The third-order valence-electron chi connectivity index (χ3n) is 10.7. The summed E-state index contributed by atoms with van der Waals surface area (Å²) in [5.74, 6) is 1.18. The summed E-state index contributed by atoms with van der Waals surface area (Å²) in [6, 6.07) is 8.80. The van der Waals surface area contributed by atoms with Crippen molar-refractivity contribution in [3.8, 4) is 6.01 Å². The van der Waals surface area contributed by atoms with Gasteiger partial charge in [0.05, 0.1) is 11.2 Å². The molecule has 0 amide bonds. The molecule has 5 saturated heterocycles. The molecule has 1 N–H and O–H groups in total. The van der Waals surface area contributed by atoms with Gasteiger partial charge < -0.3 is 15.0 Å². The summed E-state index contributed by atoms with van der Waals surface area (Å²) in [5.41, 5.74) is 7.75. The van der Waals surface area contributed by atoms with Crippen molar-refractivity contribution in [2.75, 3.05) is 37.7 Å². The molecule has 7 aliphatic rings. The van der Waals surface area contributed by atoms with Crippen LogP contribution in [0.5, 0.6) is 6.01 Å². The minimum absolute atomic E-state index is 0.221. The molecule has 6 heterocycles. The molecule has 36 heavy (non-hydrogen) atoms. The van der Waals surface area contributed by atoms with Crippen LogP contribution < -0.4 is 15.0 Å². The molecular formula is C30H39N5O. The average Bonchev–Trinajstić information content (AvgIpc) is 3.56. The van der Waals surface area contributed by atoms with Crippen molar-refractivity contribution in [1.82, 2.24) is 20.2 Å². The largest absolute Gasteiger partial charge is 0.461 e. The zero-order chi connectivity index (χ0) is 23.9. The Morgan fingerprint density at radius 3 is 2.53 bits per heavy atom. The first-order chi connectivity index (χ1) is 17.6. The van der Waals surface area contributed by atoms with Gasteiger partial charge in [-0.1, -0.05) is 18.2 Å². The van der Waals surface area contributed by atoms with Crippen LogP contribution in [0.25, 0.3) is 0 Å². The van der Waals surface area contributed by atoms with Crippen molar-refractivity contribution in [3.05, 3.63) is 46.1 Å². The summed E-state index contributed by atoms with van der Waals surface area (Å²) in [6.45, 7) is 7.60. The fourth-order valence-electron chi connectivity index (χ4n) is 8.82. The van der Waals surface area contributed by atoms with Gasteiger partial charge in [0.1, 0.15) is 12.4 Å². The van der Waals surface area contributed by atoms with E-state index in [0.29, 0.717) is 18.1 Å². The molecule has 1 aromatic carbocycles. The van der Waals surface area contributed by atoms with E-state index in [0.717, 1.165) is 32.5 Å². The molecule has 6 heteroatoms. The molecule has 2 aliphatic carbocycles. The molecule has 0 radical (unpaired) electrons. The average molecular weight is 486 g/mol. The second-order valence-electron chi connectivity index (χ2n) is 12.7. The normalized spacial score (nSPS) is 31.8. The second-order valence-corrected chi connectivity index (χ2v) is 12.7. The standard InChI is InChI=1S/C30H39N5O/c1-20-5-2-6-25-23(20)7-11-29(25)12-8-24-26(16-29)32-28(33-27(24)34-17-21-15-22(18-34)31-21)36-19-30-9-3-13-35(30)14-4-10-30/h2,5-6,21-22,31H,3-4,7-19H2,1H3. The fourth-order valence-corrected chi connectivity index (χ4v) is 8.82. The van der Waals surface area contributed by atoms with E-state index in [2.05, 4.69) is 40.2 Å². The van der Waals surface area contributed by atoms with Crippen LogP contribution >= 0.6 is 0 Å². The van der Waals surface area contributed by atoms with Gasteiger partial charge in [-0.15, -0.1) is 0 Å². The molecule has 190 valence electrons. The summed E-state index contributed by atoms with van der Waals surface area (Å²) in [6.07, 6.45) is 12.2. The third kappa shape index (κ3) is 3.22. The predicted molar refractivity (Wildman–Crippen MR) is 141 cm³/mol. The number of nitrogens with one attached hydrogen (secondary N) is 1. The number of fused-ring (bicyclic) bond motifs is 6. The van der Waals surface area contributed by atoms with Crippen LogP contribution in [0.3, 0.4) is 0 Å². The summed E-state index contributed by atoms with van der Waals surface area (Å²) in [5, 5.41) is 3.69. The molecule has 9 rings (SSSR count). The van der Waals surface area contributed by atoms with Crippen LogP contribution in [0.2, 0.25) is 0 Å². The van der Waals surface area contributed by atoms with Gasteiger partial charge in [-0.05, 0) is 101 Å². The molecule has 1 spiro atoms. The van der Waals surface area contributed by atoms with Gasteiger partial charge in [-0.2, -0.15) is 9.97 Å². The van der Waals surface area contributed by atoms with Gasteiger partial charge in [0.2, 0.25) is 0 Å². The minimum Gasteiger partial charge on any atom is -0.461 e. The van der Waals surface area contributed by atoms with Crippen molar-refractivity contribution in [1.29, 1.82) is 0 Å². The zero-order valence-electron chi connectivity index (χ0n) is 21.7. The van der Waals surface area contributed by atoms with Crippen molar-refractivity contribution < 1.29 is 4.74 Å². The molecule has 6 nitrogen and oxygen atoms in total. The predicted octanol–water partition coefficient (Wildman–Crippen LogP) is 3.72. The SMILES string of the molecule is Cc1cccc2c1CCC21CCc2c(nc(OCC34CCCN3CCC4)nc2N2CC3CC(C2)N3)C1. The molecule has 3 unspecified atom stereocenters. The second kappa shape index (κ2) is 7.91. The van der Waals surface area contributed by atoms with E-state index in [-0.39, 0.29) is 11.0 Å². The zero-order valence-corrected chi connectivity index (χ0v) is 21.7. The number of hydrogen-bond acceptors (Lipinski definition) is 6. The van der Waals surface area contributed by atoms with E-state index in [4.69, 9.17) is 14.7 Å². The Kier molecular flexibility index (Phi) is 4.80. The number of aromatic nitrogens is 2. The lowest BCUT2D eigenvalue weighted by Crippen LogP contribution is -2.67. The number of rotatable bonds is 4. The minimum atomic E-state index is 0.221. The van der Waals surface area contributed by atoms with Crippen LogP contribution in [0.15, 0.2) is 18.2 Å². The molecule has 5 aliphatic heterocycles. The maximum atomic E-state index is 6.56. The first-order valence-electron chi connectivity index (χ1n) is 14.5. The van der Waals surface area contributed by atoms with E-state index < -0.39 is 0 Å². The number of hydrogen-bond donors (Lipinski definition) is 1. The van der Waals surface area contributed by atoms with E-state index >= 15 is 0 Å². The van der Waals surface area contributed by atoms with Crippen LogP contribution in [0.4, 0.5) is 5.82 Å². The lowest BCUT2D eigenvalue weighted by atomic mass is 9.69. The Hall–Kier alpha value is -2.18. The Bertz CT molecular complexity index is 1190. The van der Waals surface area contributed by atoms with Crippen LogP contribution in [-0.2, 0) is 24.7 Å². The smallest absolute Gasteiger partial charge is 0.318 e. The molecule has 1 aromatic heterocycles. The van der Waals surface area contributed by atoms with Gasteiger partial charge in [-0.25, -0.2) is 0 Å². The quantitative estimate of drug-likeness (QED) is 0.713. The van der Waals surface area contributed by atoms with E-state index in [1.54, 1.807) is 11.1 Å². The highest BCUT2D eigenvalue weighted by atomic mass is 16.5. The lowest BCUT2D eigenvalue weighted by molar-refractivity contribution is 0.107. The number of benzene rings is 1. The number of piperazine rings is 1. The molecule has 2 aromatic rings. The first-order valence-corrected chi connectivity index (χ1v) is 14.5. The lowest BCUT2D eigenvalue weighted by Gasteiger charge is -2.49. The maximum absolute atomic E-state index is 6.56. The van der Waals surface area contributed by atoms with Crippen LogP contribution in [-0.4, -0.2) is 65.3 Å². The van der Waals surface area contributed by atoms with Gasteiger partial charge in [0, 0.05) is 36.2 Å². The molecule has 3 atom stereocenters. The van der Waals surface area contributed by atoms with E-state index in [1.165, 1.54) is 87.1 Å². The highest BCUT2D eigenvalue weighted by Gasteiger charge is 2.46. The Morgan fingerprint density at radius 2 is 1.75 bits per heavy atom. The van der Waals surface area contributed by atoms with Crippen molar-refractivity contribution >= 4 is 5.82 Å². The summed E-state index contributed by atoms with van der Waals surface area (Å²) >= 11 is 0. The number of nitrogens with zero attached hydrogens (tertiary/aromatic N) is 4. The molecule has 2 bridgehead atoms. The number of anilines is 1. The number of piperidine rings is 1. The number of aryl methyl sites for hydroxylation is 1. The van der Waals surface area contributed by atoms with Gasteiger partial charge in [-0.3, -0.25) is 4.90 Å².